The maximum atomic E-state index is 13.0. The van der Waals surface area contributed by atoms with Gasteiger partial charge in [0, 0.05) is 19.6 Å². The van der Waals surface area contributed by atoms with Gasteiger partial charge in [-0.25, -0.2) is 14.0 Å². The first-order valence-corrected chi connectivity index (χ1v) is 11.6. The van der Waals surface area contributed by atoms with Crippen LogP contribution in [0.25, 0.3) is 0 Å². The Morgan fingerprint density at radius 2 is 1.60 bits per heavy atom. The van der Waals surface area contributed by atoms with Crippen LogP contribution in [-0.4, -0.2) is 67.2 Å². The van der Waals surface area contributed by atoms with Gasteiger partial charge in [-0.1, -0.05) is 24.3 Å². The Balaban J connectivity index is 1.83. The van der Waals surface area contributed by atoms with Crippen LogP contribution < -0.4 is 4.74 Å². The second-order valence-electron chi connectivity index (χ2n) is 8.08. The molecular weight excluding hydrogens is 457 g/mol. The summed E-state index contributed by atoms with van der Waals surface area (Å²) in [6, 6.07) is 13.1. The Hall–Kier alpha value is -3.17. The molecule has 0 aliphatic carbocycles. The second kappa shape index (κ2) is 15.0. The largest absolute Gasteiger partial charge is 0.492 e. The highest BCUT2D eigenvalue weighted by molar-refractivity contribution is 5.72. The zero-order valence-electron chi connectivity index (χ0n) is 20.4. The van der Waals surface area contributed by atoms with Crippen LogP contribution >= 0.6 is 0 Å². The van der Waals surface area contributed by atoms with Gasteiger partial charge in [0.15, 0.2) is 6.10 Å². The summed E-state index contributed by atoms with van der Waals surface area (Å²) in [7, 11) is 0. The van der Waals surface area contributed by atoms with E-state index in [0.717, 1.165) is 11.1 Å². The number of hydrogen-bond acceptors (Lipinski definition) is 6. The van der Waals surface area contributed by atoms with E-state index in [1.807, 2.05) is 0 Å². The third-order valence-corrected chi connectivity index (χ3v) is 4.90. The highest BCUT2D eigenvalue weighted by atomic mass is 19.1. The lowest BCUT2D eigenvalue weighted by Gasteiger charge is -2.23. The average Bonchev–Trinajstić information content (AvgIpc) is 2.82. The molecule has 2 aromatic rings. The van der Waals surface area contributed by atoms with Crippen molar-refractivity contribution >= 4 is 12.1 Å². The number of hydrogen-bond donors (Lipinski definition) is 1. The molecule has 1 atom stereocenters. The van der Waals surface area contributed by atoms with Crippen molar-refractivity contribution in [3.8, 4) is 5.75 Å². The lowest BCUT2D eigenvalue weighted by Crippen LogP contribution is -2.38. The Morgan fingerprint density at radius 3 is 2.20 bits per heavy atom. The van der Waals surface area contributed by atoms with E-state index in [1.54, 1.807) is 57.2 Å². The summed E-state index contributed by atoms with van der Waals surface area (Å²) in [5.74, 6) is -0.704. The molecule has 0 bridgehead atoms. The molecular formula is C26H34FNO7. The Morgan fingerprint density at radius 1 is 0.971 bits per heavy atom. The number of nitrogens with zero attached hydrogens (tertiary/aromatic N) is 1. The van der Waals surface area contributed by atoms with Crippen molar-refractivity contribution in [1.82, 2.24) is 4.90 Å². The Kier molecular flexibility index (Phi) is 12.0. The van der Waals surface area contributed by atoms with Gasteiger partial charge in [-0.15, -0.1) is 0 Å². The molecule has 0 aliphatic rings. The molecule has 0 heterocycles. The van der Waals surface area contributed by atoms with Gasteiger partial charge in [-0.3, -0.25) is 0 Å². The maximum Gasteiger partial charge on any atom is 0.410 e. The molecule has 0 fully saturated rings. The third kappa shape index (κ3) is 10.7. The van der Waals surface area contributed by atoms with E-state index in [2.05, 4.69) is 0 Å². The molecule has 1 amide bonds. The zero-order chi connectivity index (χ0) is 25.6. The maximum absolute atomic E-state index is 13.0. The van der Waals surface area contributed by atoms with Gasteiger partial charge in [0.25, 0.3) is 0 Å². The number of ether oxygens (including phenoxy) is 4. The number of rotatable bonds is 15. The lowest BCUT2D eigenvalue weighted by atomic mass is 10.1. The fourth-order valence-electron chi connectivity index (χ4n) is 3.14. The molecule has 0 spiro atoms. The fraction of sp³-hybridized carbons (Fsp3) is 0.462. The minimum absolute atomic E-state index is 0.237. The van der Waals surface area contributed by atoms with Gasteiger partial charge in [-0.05, 0) is 56.2 Å². The monoisotopic (exact) mass is 491 g/mol. The van der Waals surface area contributed by atoms with Crippen molar-refractivity contribution < 1.29 is 38.0 Å². The minimum Gasteiger partial charge on any atom is -0.492 e. The molecule has 2 aromatic carbocycles. The molecule has 0 saturated heterocycles. The van der Waals surface area contributed by atoms with Gasteiger partial charge in [-0.2, -0.15) is 0 Å². The first-order chi connectivity index (χ1) is 16.8. The second-order valence-corrected chi connectivity index (χ2v) is 8.08. The van der Waals surface area contributed by atoms with Crippen LogP contribution in [0.1, 0.15) is 31.9 Å². The highest BCUT2D eigenvalue weighted by Crippen LogP contribution is 2.15. The molecule has 35 heavy (non-hydrogen) atoms. The summed E-state index contributed by atoms with van der Waals surface area (Å²) in [6.07, 6.45) is -1.35. The number of aliphatic carboxylic acids is 1. The van der Waals surface area contributed by atoms with Crippen LogP contribution in [0, 0.1) is 5.82 Å². The SMILES string of the molecule is CCOC(Cc1ccc(OCCN(CCOCc2ccc(F)cc2)C(=O)OC(C)C)cc1)C(=O)O. The van der Waals surface area contributed by atoms with Crippen molar-refractivity contribution in [3.63, 3.8) is 0 Å². The van der Waals surface area contributed by atoms with E-state index < -0.39 is 18.2 Å². The molecule has 192 valence electrons. The van der Waals surface area contributed by atoms with Gasteiger partial charge in [0.05, 0.1) is 25.9 Å². The molecule has 8 nitrogen and oxygen atoms in total. The number of carbonyl (C=O) groups excluding carboxylic acids is 1. The van der Waals surface area contributed by atoms with Gasteiger partial charge in [0.2, 0.25) is 0 Å². The number of benzene rings is 2. The summed E-state index contributed by atoms with van der Waals surface area (Å²) < 4.78 is 34.9. The molecule has 9 heteroatoms. The normalized spacial score (nSPS) is 11.8. The van der Waals surface area contributed by atoms with E-state index in [0.29, 0.717) is 32.1 Å². The number of amides is 1. The van der Waals surface area contributed by atoms with Crippen LogP contribution in [0.5, 0.6) is 5.75 Å². The summed E-state index contributed by atoms with van der Waals surface area (Å²) >= 11 is 0. The molecule has 1 N–H and O–H groups in total. The highest BCUT2D eigenvalue weighted by Gasteiger charge is 2.18. The van der Waals surface area contributed by atoms with Crippen molar-refractivity contribution in [3.05, 3.63) is 65.5 Å². The lowest BCUT2D eigenvalue weighted by molar-refractivity contribution is -0.149. The standard InChI is InChI=1S/C26H34FNO7/c1-4-33-24(25(29)30)17-20-7-11-23(12-8-20)34-16-14-28(26(31)35-19(2)3)13-15-32-18-21-5-9-22(27)10-6-21/h5-12,19,24H,4,13-18H2,1-3H3,(H,29,30). The van der Waals surface area contributed by atoms with E-state index >= 15 is 0 Å². The smallest absolute Gasteiger partial charge is 0.410 e. The summed E-state index contributed by atoms with van der Waals surface area (Å²) in [5, 5.41) is 9.22. The summed E-state index contributed by atoms with van der Waals surface area (Å²) in [5.41, 5.74) is 1.66. The fourth-order valence-corrected chi connectivity index (χ4v) is 3.14. The van der Waals surface area contributed by atoms with Crippen molar-refractivity contribution in [1.29, 1.82) is 0 Å². The van der Waals surface area contributed by atoms with E-state index in [4.69, 9.17) is 18.9 Å². The number of carbonyl (C=O) groups is 2. The molecule has 1 unspecified atom stereocenters. The molecule has 0 radical (unpaired) electrons. The van der Waals surface area contributed by atoms with Crippen LogP contribution in [0.2, 0.25) is 0 Å². The molecule has 0 aliphatic heterocycles. The van der Waals surface area contributed by atoms with Gasteiger partial charge >= 0.3 is 12.1 Å². The van der Waals surface area contributed by atoms with Crippen LogP contribution in [0.3, 0.4) is 0 Å². The Labute approximate surface area is 205 Å². The summed E-state index contributed by atoms with van der Waals surface area (Å²) in [4.78, 5) is 25.2. The average molecular weight is 492 g/mol. The molecule has 0 saturated carbocycles. The van der Waals surface area contributed by atoms with Gasteiger partial charge < -0.3 is 29.0 Å². The van der Waals surface area contributed by atoms with Crippen LogP contribution in [-0.2, 0) is 32.0 Å². The van der Waals surface area contributed by atoms with Crippen molar-refractivity contribution in [2.75, 3.05) is 32.9 Å². The van der Waals surface area contributed by atoms with Crippen molar-refractivity contribution in [2.24, 2.45) is 0 Å². The van der Waals surface area contributed by atoms with Crippen LogP contribution in [0.15, 0.2) is 48.5 Å². The van der Waals surface area contributed by atoms with Crippen molar-refractivity contribution in [2.45, 2.75) is 46.0 Å². The first-order valence-electron chi connectivity index (χ1n) is 11.6. The zero-order valence-corrected chi connectivity index (χ0v) is 20.4. The topological polar surface area (TPSA) is 94.5 Å². The number of halogens is 1. The predicted octanol–water partition coefficient (Wildman–Crippen LogP) is 4.30. The molecule has 0 aromatic heterocycles. The minimum atomic E-state index is -0.998. The van der Waals surface area contributed by atoms with E-state index in [-0.39, 0.29) is 31.6 Å². The molecule has 2 rings (SSSR count). The first kappa shape index (κ1) is 28.1. The Bertz CT molecular complexity index is 903. The quantitative estimate of drug-likeness (QED) is 0.371. The number of carboxylic acids is 1. The summed E-state index contributed by atoms with van der Waals surface area (Å²) in [6.45, 7) is 7.06. The van der Waals surface area contributed by atoms with E-state index in [9.17, 15) is 19.1 Å². The number of carboxylic acid groups (broad SMARTS) is 1. The van der Waals surface area contributed by atoms with Gasteiger partial charge in [0.1, 0.15) is 18.2 Å². The van der Waals surface area contributed by atoms with E-state index in [1.165, 1.54) is 17.0 Å². The predicted molar refractivity (Wildman–Crippen MR) is 128 cm³/mol. The third-order valence-electron chi connectivity index (χ3n) is 4.90. The van der Waals surface area contributed by atoms with Crippen LogP contribution in [0.4, 0.5) is 9.18 Å².